The highest BCUT2D eigenvalue weighted by molar-refractivity contribution is 5.83. The number of para-hydroxylation sites is 1. The van der Waals surface area contributed by atoms with E-state index in [1.807, 2.05) is 29.2 Å². The Hall–Kier alpha value is -2.04. The van der Waals surface area contributed by atoms with E-state index >= 15 is 0 Å². The molecule has 112 valence electrons. The third-order valence-corrected chi connectivity index (χ3v) is 4.17. The van der Waals surface area contributed by atoms with Gasteiger partial charge in [-0.15, -0.1) is 0 Å². The number of esters is 1. The first-order chi connectivity index (χ1) is 10.2. The maximum absolute atomic E-state index is 12.1. The zero-order valence-electron chi connectivity index (χ0n) is 12.2. The van der Waals surface area contributed by atoms with E-state index in [1.54, 1.807) is 6.92 Å². The van der Waals surface area contributed by atoms with E-state index in [1.165, 1.54) is 0 Å². The van der Waals surface area contributed by atoms with E-state index in [0.29, 0.717) is 19.4 Å². The molecule has 1 N–H and O–H groups in total. The first-order valence-corrected chi connectivity index (χ1v) is 7.52. The van der Waals surface area contributed by atoms with Gasteiger partial charge in [-0.05, 0) is 25.0 Å². The van der Waals surface area contributed by atoms with Crippen molar-refractivity contribution in [3.05, 3.63) is 29.8 Å². The molecule has 1 fully saturated rings. The number of fused-ring (bicyclic) bond motifs is 1. The minimum atomic E-state index is -0.391. The van der Waals surface area contributed by atoms with Gasteiger partial charge in [-0.2, -0.15) is 0 Å². The number of likely N-dealkylation sites (tertiary alicyclic amines) is 1. The molecule has 5 heteroatoms. The summed E-state index contributed by atoms with van der Waals surface area (Å²) in [6.45, 7) is 2.94. The molecule has 0 aromatic heterocycles. The highest BCUT2D eigenvalue weighted by atomic mass is 16.5. The summed E-state index contributed by atoms with van der Waals surface area (Å²) in [5.41, 5.74) is 2.01. The largest absolute Gasteiger partial charge is 0.464 e. The molecule has 2 heterocycles. The number of hydrogen-bond acceptors (Lipinski definition) is 4. The van der Waals surface area contributed by atoms with Crippen molar-refractivity contribution in [2.45, 2.75) is 38.3 Å². The second-order valence-electron chi connectivity index (χ2n) is 5.48. The summed E-state index contributed by atoms with van der Waals surface area (Å²) < 4.78 is 5.13. The van der Waals surface area contributed by atoms with E-state index in [0.717, 1.165) is 24.2 Å². The predicted octanol–water partition coefficient (Wildman–Crippen LogP) is 2.10. The molecular weight excluding hydrogens is 268 g/mol. The quantitative estimate of drug-likeness (QED) is 0.865. The lowest BCUT2D eigenvalue weighted by Crippen LogP contribution is -2.42. The van der Waals surface area contributed by atoms with E-state index < -0.39 is 6.04 Å². The van der Waals surface area contributed by atoms with Gasteiger partial charge in [0.25, 0.3) is 0 Å². The first kappa shape index (κ1) is 13.9. The second kappa shape index (κ2) is 5.76. The van der Waals surface area contributed by atoms with E-state index in [-0.39, 0.29) is 17.9 Å². The van der Waals surface area contributed by atoms with Crippen LogP contribution in [0.25, 0.3) is 0 Å². The predicted molar refractivity (Wildman–Crippen MR) is 78.8 cm³/mol. The molecule has 3 rings (SSSR count). The van der Waals surface area contributed by atoms with Crippen LogP contribution in [0.15, 0.2) is 24.3 Å². The molecule has 0 radical (unpaired) electrons. The Bertz CT molecular complexity index is 558. The molecule has 21 heavy (non-hydrogen) atoms. The number of hydrogen-bond donors (Lipinski definition) is 1. The number of nitrogens with one attached hydrogen (secondary N) is 1. The van der Waals surface area contributed by atoms with Gasteiger partial charge < -0.3 is 15.0 Å². The van der Waals surface area contributed by atoms with Gasteiger partial charge in [0.1, 0.15) is 6.04 Å². The van der Waals surface area contributed by atoms with Crippen LogP contribution in [-0.2, 0) is 14.3 Å². The highest BCUT2D eigenvalue weighted by Gasteiger charge is 2.37. The molecule has 0 unspecified atom stereocenters. The summed E-state index contributed by atoms with van der Waals surface area (Å²) in [7, 11) is 0. The van der Waals surface area contributed by atoms with Gasteiger partial charge in [0.05, 0.1) is 12.6 Å². The average molecular weight is 288 g/mol. The monoisotopic (exact) mass is 288 g/mol. The Balaban J connectivity index is 1.90. The summed E-state index contributed by atoms with van der Waals surface area (Å²) in [6, 6.07) is 7.46. The molecule has 1 saturated heterocycles. The molecule has 2 atom stereocenters. The van der Waals surface area contributed by atoms with Gasteiger partial charge in [0, 0.05) is 25.1 Å². The lowest BCUT2D eigenvalue weighted by Gasteiger charge is -2.37. The number of nitrogens with zero attached hydrogens (tertiary/aromatic N) is 1. The number of anilines is 1. The average Bonchev–Trinajstić information content (AvgIpc) is 2.92. The lowest BCUT2D eigenvalue weighted by molar-refractivity contribution is -0.145. The molecule has 0 saturated carbocycles. The number of carbonyl (C=O) groups excluding carboxylic acids is 2. The fourth-order valence-corrected chi connectivity index (χ4v) is 3.21. The smallest absolute Gasteiger partial charge is 0.328 e. The lowest BCUT2D eigenvalue weighted by atomic mass is 9.92. The van der Waals surface area contributed by atoms with Crippen LogP contribution in [0.3, 0.4) is 0 Å². The van der Waals surface area contributed by atoms with E-state index in [9.17, 15) is 9.59 Å². The SMILES string of the molecule is CCOC(=O)[C@@H]1C[C@@H](N2CCCC2=O)c2ccccc2N1. The van der Waals surface area contributed by atoms with Crippen molar-refractivity contribution in [1.29, 1.82) is 0 Å². The van der Waals surface area contributed by atoms with Crippen molar-refractivity contribution in [2.24, 2.45) is 0 Å². The van der Waals surface area contributed by atoms with Gasteiger partial charge in [-0.3, -0.25) is 4.79 Å². The number of amides is 1. The van der Waals surface area contributed by atoms with Crippen molar-refractivity contribution in [3.8, 4) is 0 Å². The third-order valence-electron chi connectivity index (χ3n) is 4.17. The van der Waals surface area contributed by atoms with E-state index in [4.69, 9.17) is 4.74 Å². The number of carbonyl (C=O) groups is 2. The topological polar surface area (TPSA) is 58.6 Å². The number of ether oxygens (including phenoxy) is 1. The molecule has 1 aromatic carbocycles. The zero-order valence-corrected chi connectivity index (χ0v) is 12.2. The number of benzene rings is 1. The molecule has 0 bridgehead atoms. The Morgan fingerprint density at radius 2 is 2.24 bits per heavy atom. The van der Waals surface area contributed by atoms with Crippen LogP contribution < -0.4 is 5.32 Å². The third kappa shape index (κ3) is 2.60. The highest BCUT2D eigenvalue weighted by Crippen LogP contribution is 2.38. The van der Waals surface area contributed by atoms with Gasteiger partial charge in [-0.1, -0.05) is 18.2 Å². The van der Waals surface area contributed by atoms with Crippen LogP contribution in [0.2, 0.25) is 0 Å². The molecule has 0 aliphatic carbocycles. The van der Waals surface area contributed by atoms with Crippen molar-refractivity contribution in [3.63, 3.8) is 0 Å². The molecule has 0 spiro atoms. The van der Waals surface area contributed by atoms with E-state index in [2.05, 4.69) is 5.32 Å². The minimum absolute atomic E-state index is 0.0353. The normalized spacial score (nSPS) is 24.4. The summed E-state index contributed by atoms with van der Waals surface area (Å²) in [6.07, 6.45) is 2.08. The Kier molecular flexibility index (Phi) is 3.82. The van der Waals surface area contributed by atoms with Crippen molar-refractivity contribution < 1.29 is 14.3 Å². The molecule has 5 nitrogen and oxygen atoms in total. The van der Waals surface area contributed by atoms with Crippen LogP contribution in [0, 0.1) is 0 Å². The van der Waals surface area contributed by atoms with Gasteiger partial charge in [0.15, 0.2) is 0 Å². The second-order valence-corrected chi connectivity index (χ2v) is 5.48. The summed E-state index contributed by atoms with van der Waals surface area (Å²) in [4.78, 5) is 26.0. The van der Waals surface area contributed by atoms with Crippen LogP contribution in [0.4, 0.5) is 5.69 Å². The summed E-state index contributed by atoms with van der Waals surface area (Å²) in [5, 5.41) is 3.24. The summed E-state index contributed by atoms with van der Waals surface area (Å²) in [5.74, 6) is -0.0667. The Labute approximate surface area is 124 Å². The van der Waals surface area contributed by atoms with Gasteiger partial charge in [-0.25, -0.2) is 4.79 Å². The fourth-order valence-electron chi connectivity index (χ4n) is 3.21. The fraction of sp³-hybridized carbons (Fsp3) is 0.500. The molecule has 2 aliphatic rings. The zero-order chi connectivity index (χ0) is 14.8. The summed E-state index contributed by atoms with van der Waals surface area (Å²) >= 11 is 0. The Morgan fingerprint density at radius 1 is 1.43 bits per heavy atom. The maximum Gasteiger partial charge on any atom is 0.328 e. The van der Waals surface area contributed by atoms with Gasteiger partial charge in [0.2, 0.25) is 5.91 Å². The Morgan fingerprint density at radius 3 is 2.95 bits per heavy atom. The molecular formula is C16H20N2O3. The van der Waals surface area contributed by atoms with Crippen LogP contribution in [0.1, 0.15) is 37.8 Å². The number of rotatable bonds is 3. The molecule has 2 aliphatic heterocycles. The van der Waals surface area contributed by atoms with Crippen LogP contribution in [0.5, 0.6) is 0 Å². The molecule has 1 aromatic rings. The minimum Gasteiger partial charge on any atom is -0.464 e. The first-order valence-electron chi connectivity index (χ1n) is 7.52. The standard InChI is InChI=1S/C16H20N2O3/c1-2-21-16(20)13-10-14(18-9-5-8-15(18)19)11-6-3-4-7-12(11)17-13/h3-4,6-7,13-14,17H,2,5,8-10H2,1H3/t13-,14+/m0/s1. The van der Waals surface area contributed by atoms with Crippen molar-refractivity contribution >= 4 is 17.6 Å². The van der Waals surface area contributed by atoms with Crippen molar-refractivity contribution in [2.75, 3.05) is 18.5 Å². The van der Waals surface area contributed by atoms with Crippen LogP contribution >= 0.6 is 0 Å². The maximum atomic E-state index is 12.1. The van der Waals surface area contributed by atoms with Crippen molar-refractivity contribution in [1.82, 2.24) is 4.90 Å². The van der Waals surface area contributed by atoms with Gasteiger partial charge >= 0.3 is 5.97 Å². The van der Waals surface area contributed by atoms with Crippen LogP contribution in [-0.4, -0.2) is 36.0 Å². The molecule has 1 amide bonds.